The van der Waals surface area contributed by atoms with Gasteiger partial charge >= 0.3 is 6.03 Å². The molecule has 0 saturated carbocycles. The molecule has 1 aromatic carbocycles. The Morgan fingerprint density at radius 3 is 2.67 bits per heavy atom. The summed E-state index contributed by atoms with van der Waals surface area (Å²) < 4.78 is 1.14. The summed E-state index contributed by atoms with van der Waals surface area (Å²) in [6.45, 7) is 6.13. The minimum atomic E-state index is -0.435. The zero-order chi connectivity index (χ0) is 17.7. The topological polar surface area (TPSA) is 75.5 Å². The number of imide groups is 1. The van der Waals surface area contributed by atoms with E-state index in [2.05, 4.69) is 15.6 Å². The Balaban J connectivity index is 1.92. The molecule has 3 N–H and O–H groups in total. The lowest BCUT2D eigenvalue weighted by molar-refractivity contribution is -0.902. The zero-order valence-electron chi connectivity index (χ0n) is 14.6. The van der Waals surface area contributed by atoms with Crippen molar-refractivity contribution in [2.45, 2.75) is 39.3 Å². The molecule has 3 amide bonds. The average Bonchev–Trinajstić information content (AvgIpc) is 2.97. The van der Waals surface area contributed by atoms with Crippen molar-refractivity contribution in [2.75, 3.05) is 13.6 Å². The molecule has 2 aromatic rings. The standard InChI is InChI=1S/C17H24N4O2S/c1-5-11(2)18-17(23)20-15(22)10-21(4)12(3)16-19-13-8-6-7-9-14(13)24-16/h6-9,11-12H,5,10H2,1-4H3,(H2,18,20,22,23)/p+1/t11-,12-/m0/s1. The molecule has 0 saturated heterocycles. The quantitative estimate of drug-likeness (QED) is 0.740. The fourth-order valence-electron chi connectivity index (χ4n) is 2.23. The molecular formula is C17H25N4O2S+. The van der Waals surface area contributed by atoms with Crippen LogP contribution in [0.25, 0.3) is 10.2 Å². The van der Waals surface area contributed by atoms with Crippen LogP contribution in [0.15, 0.2) is 24.3 Å². The lowest BCUT2D eigenvalue weighted by atomic mass is 10.3. The largest absolute Gasteiger partial charge is 0.335 e. The number of amides is 3. The predicted molar refractivity (Wildman–Crippen MR) is 96.2 cm³/mol. The second-order valence-corrected chi connectivity index (χ2v) is 7.16. The Morgan fingerprint density at radius 1 is 1.29 bits per heavy atom. The number of urea groups is 1. The van der Waals surface area contributed by atoms with E-state index in [-0.39, 0.29) is 24.5 Å². The van der Waals surface area contributed by atoms with E-state index in [9.17, 15) is 9.59 Å². The van der Waals surface area contributed by atoms with E-state index >= 15 is 0 Å². The summed E-state index contributed by atoms with van der Waals surface area (Å²) in [7, 11) is 1.93. The third kappa shape index (κ3) is 4.75. The number of nitrogens with one attached hydrogen (secondary N) is 3. The number of fused-ring (bicyclic) bond motifs is 1. The molecular weight excluding hydrogens is 324 g/mol. The Kier molecular flexibility index (Phi) is 6.28. The number of carbonyl (C=O) groups is 2. The summed E-state index contributed by atoms with van der Waals surface area (Å²) in [6.07, 6.45) is 0.821. The van der Waals surface area contributed by atoms with Gasteiger partial charge in [0, 0.05) is 6.04 Å². The van der Waals surface area contributed by atoms with Crippen LogP contribution in [0.3, 0.4) is 0 Å². The number of carbonyl (C=O) groups excluding carboxylic acids is 2. The number of rotatable bonds is 6. The lowest BCUT2D eigenvalue weighted by Gasteiger charge is -2.19. The lowest BCUT2D eigenvalue weighted by Crippen LogP contribution is -3.10. The van der Waals surface area contributed by atoms with E-state index in [1.54, 1.807) is 11.3 Å². The molecule has 130 valence electrons. The summed E-state index contributed by atoms with van der Waals surface area (Å²) in [5, 5.41) is 6.10. The smallest absolute Gasteiger partial charge is 0.321 e. The maximum atomic E-state index is 12.0. The molecule has 0 aliphatic rings. The van der Waals surface area contributed by atoms with Crippen LogP contribution in [-0.4, -0.2) is 36.6 Å². The second-order valence-electron chi connectivity index (χ2n) is 6.10. The van der Waals surface area contributed by atoms with Crippen molar-refractivity contribution in [1.82, 2.24) is 15.6 Å². The average molecular weight is 349 g/mol. The molecule has 0 radical (unpaired) electrons. The molecule has 1 aromatic heterocycles. The first-order valence-corrected chi connectivity index (χ1v) is 9.00. The number of aromatic nitrogens is 1. The second kappa shape index (κ2) is 8.21. The van der Waals surface area contributed by atoms with Gasteiger partial charge in [-0.1, -0.05) is 19.1 Å². The number of hydrogen-bond donors (Lipinski definition) is 3. The van der Waals surface area contributed by atoms with E-state index in [1.165, 1.54) is 0 Å². The molecule has 0 spiro atoms. The Labute approximate surface area is 146 Å². The summed E-state index contributed by atoms with van der Waals surface area (Å²) >= 11 is 1.64. The number of nitrogens with zero attached hydrogens (tertiary/aromatic N) is 1. The predicted octanol–water partition coefficient (Wildman–Crippen LogP) is 1.50. The number of benzene rings is 1. The number of likely N-dealkylation sites (N-methyl/N-ethyl adjacent to an activating group) is 1. The minimum Gasteiger partial charge on any atom is -0.335 e. The number of thiazole rings is 1. The first-order chi connectivity index (χ1) is 11.4. The SMILES string of the molecule is CC[C@H](C)NC(=O)NC(=O)C[NH+](C)[C@@H](C)c1nc2ccccc2s1. The third-order valence-corrected chi connectivity index (χ3v) is 5.32. The van der Waals surface area contributed by atoms with Gasteiger partial charge in [0.25, 0.3) is 5.91 Å². The van der Waals surface area contributed by atoms with E-state index < -0.39 is 6.03 Å². The van der Waals surface area contributed by atoms with Crippen LogP contribution in [0.5, 0.6) is 0 Å². The molecule has 2 rings (SSSR count). The van der Waals surface area contributed by atoms with Crippen LogP contribution in [0.1, 0.15) is 38.2 Å². The minimum absolute atomic E-state index is 0.0459. The van der Waals surface area contributed by atoms with E-state index in [1.807, 2.05) is 52.1 Å². The van der Waals surface area contributed by atoms with Gasteiger partial charge in [0.05, 0.1) is 17.3 Å². The monoisotopic (exact) mass is 349 g/mol. The van der Waals surface area contributed by atoms with Gasteiger partial charge in [0.15, 0.2) is 11.6 Å². The molecule has 24 heavy (non-hydrogen) atoms. The molecule has 0 bridgehead atoms. The van der Waals surface area contributed by atoms with Gasteiger partial charge in [-0.25, -0.2) is 9.78 Å². The van der Waals surface area contributed by atoms with Gasteiger partial charge in [-0.15, -0.1) is 11.3 Å². The van der Waals surface area contributed by atoms with Gasteiger partial charge in [0.1, 0.15) is 6.04 Å². The normalized spacial score (nSPS) is 14.8. The van der Waals surface area contributed by atoms with Gasteiger partial charge in [-0.2, -0.15) is 0 Å². The summed E-state index contributed by atoms with van der Waals surface area (Å²) in [6, 6.07) is 7.68. The Bertz CT molecular complexity index is 682. The highest BCUT2D eigenvalue weighted by Crippen LogP contribution is 2.24. The first-order valence-electron chi connectivity index (χ1n) is 8.18. The van der Waals surface area contributed by atoms with Crippen LogP contribution in [0, 0.1) is 0 Å². The molecule has 0 aliphatic heterocycles. The van der Waals surface area contributed by atoms with Crippen molar-refractivity contribution in [2.24, 2.45) is 0 Å². The van der Waals surface area contributed by atoms with Crippen LogP contribution in [0.4, 0.5) is 4.79 Å². The molecule has 3 atom stereocenters. The molecule has 0 aliphatic carbocycles. The maximum absolute atomic E-state index is 12.0. The highest BCUT2D eigenvalue weighted by molar-refractivity contribution is 7.18. The van der Waals surface area contributed by atoms with Crippen LogP contribution in [-0.2, 0) is 4.79 Å². The number of hydrogen-bond acceptors (Lipinski definition) is 4. The van der Waals surface area contributed by atoms with Crippen molar-refractivity contribution in [3.63, 3.8) is 0 Å². The van der Waals surface area contributed by atoms with Gasteiger partial charge in [0.2, 0.25) is 0 Å². The maximum Gasteiger partial charge on any atom is 0.321 e. The summed E-state index contributed by atoms with van der Waals surface area (Å²) in [5.74, 6) is -0.290. The Morgan fingerprint density at radius 2 is 2.00 bits per heavy atom. The molecule has 1 unspecified atom stereocenters. The van der Waals surface area contributed by atoms with Crippen LogP contribution >= 0.6 is 11.3 Å². The highest BCUT2D eigenvalue weighted by atomic mass is 32.1. The van der Waals surface area contributed by atoms with Crippen LogP contribution in [0.2, 0.25) is 0 Å². The fourth-order valence-corrected chi connectivity index (χ4v) is 3.34. The summed E-state index contributed by atoms with van der Waals surface area (Å²) in [5.41, 5.74) is 0.981. The first kappa shape index (κ1) is 18.4. The molecule has 7 heteroatoms. The van der Waals surface area contributed by atoms with E-state index in [0.29, 0.717) is 0 Å². The molecule has 1 heterocycles. The fraction of sp³-hybridized carbons (Fsp3) is 0.471. The van der Waals surface area contributed by atoms with Gasteiger partial charge < -0.3 is 10.2 Å². The molecule has 0 fully saturated rings. The van der Waals surface area contributed by atoms with E-state index in [4.69, 9.17) is 0 Å². The van der Waals surface area contributed by atoms with Crippen molar-refractivity contribution in [1.29, 1.82) is 0 Å². The molecule has 6 nitrogen and oxygen atoms in total. The van der Waals surface area contributed by atoms with Gasteiger partial charge in [-0.05, 0) is 32.4 Å². The number of quaternary nitrogens is 1. The van der Waals surface area contributed by atoms with Crippen LogP contribution < -0.4 is 15.5 Å². The van der Waals surface area contributed by atoms with Crippen molar-refractivity contribution >= 4 is 33.5 Å². The Hall–Kier alpha value is -1.99. The van der Waals surface area contributed by atoms with Crippen molar-refractivity contribution in [3.8, 4) is 0 Å². The van der Waals surface area contributed by atoms with E-state index in [0.717, 1.165) is 26.5 Å². The number of para-hydroxylation sites is 1. The van der Waals surface area contributed by atoms with Gasteiger partial charge in [-0.3, -0.25) is 10.1 Å². The van der Waals surface area contributed by atoms with Crippen molar-refractivity contribution < 1.29 is 14.5 Å². The third-order valence-electron chi connectivity index (χ3n) is 4.10. The van der Waals surface area contributed by atoms with Crippen molar-refractivity contribution in [3.05, 3.63) is 29.3 Å². The zero-order valence-corrected chi connectivity index (χ0v) is 15.4. The summed E-state index contributed by atoms with van der Waals surface area (Å²) in [4.78, 5) is 29.4. The highest BCUT2D eigenvalue weighted by Gasteiger charge is 2.23.